The first kappa shape index (κ1) is 13.6. The van der Waals surface area contributed by atoms with Crippen molar-refractivity contribution in [2.45, 2.75) is 18.6 Å². The van der Waals surface area contributed by atoms with Crippen LogP contribution in [0.4, 0.5) is 0 Å². The van der Waals surface area contributed by atoms with E-state index in [4.69, 9.17) is 4.42 Å². The van der Waals surface area contributed by atoms with Gasteiger partial charge in [-0.1, -0.05) is 36.9 Å². The minimum Gasteiger partial charge on any atom is -0.411 e. The van der Waals surface area contributed by atoms with Crippen LogP contribution in [-0.4, -0.2) is 28.4 Å². The molecule has 5 nitrogen and oxygen atoms in total. The van der Waals surface area contributed by atoms with E-state index < -0.39 is 0 Å². The fourth-order valence-corrected chi connectivity index (χ4v) is 2.00. The molecule has 0 fully saturated rings. The molecule has 0 atom stereocenters. The topological polar surface area (TPSA) is 68.0 Å². The monoisotopic (exact) mass is 277 g/mol. The zero-order valence-electron chi connectivity index (χ0n) is 10.6. The Balaban J connectivity index is 1.90. The van der Waals surface area contributed by atoms with Gasteiger partial charge in [-0.15, -0.1) is 10.2 Å². The van der Waals surface area contributed by atoms with Gasteiger partial charge in [-0.3, -0.25) is 4.79 Å². The molecule has 0 saturated carbocycles. The molecular weight excluding hydrogens is 262 g/mol. The van der Waals surface area contributed by atoms with Crippen LogP contribution in [0.3, 0.4) is 0 Å². The summed E-state index contributed by atoms with van der Waals surface area (Å²) in [7, 11) is 0. The van der Waals surface area contributed by atoms with Crippen molar-refractivity contribution in [3.05, 3.63) is 30.3 Å². The molecule has 0 spiro atoms. The molecule has 0 aliphatic rings. The summed E-state index contributed by atoms with van der Waals surface area (Å²) in [6.45, 7) is 2.70. The van der Waals surface area contributed by atoms with E-state index in [9.17, 15) is 4.79 Å². The number of hydrogen-bond acceptors (Lipinski definition) is 5. The van der Waals surface area contributed by atoms with Gasteiger partial charge < -0.3 is 9.73 Å². The number of hydrogen-bond donors (Lipinski definition) is 1. The number of benzene rings is 1. The highest BCUT2D eigenvalue weighted by molar-refractivity contribution is 7.99. The molecule has 0 aliphatic heterocycles. The lowest BCUT2D eigenvalue weighted by Gasteiger charge is -2.00. The molecule has 0 saturated heterocycles. The molecule has 1 amide bonds. The van der Waals surface area contributed by atoms with Crippen LogP contribution in [-0.2, 0) is 4.79 Å². The van der Waals surface area contributed by atoms with E-state index >= 15 is 0 Å². The molecule has 1 aromatic heterocycles. The minimum absolute atomic E-state index is 0.0219. The van der Waals surface area contributed by atoms with Crippen LogP contribution in [0.2, 0.25) is 0 Å². The van der Waals surface area contributed by atoms with E-state index in [1.807, 2.05) is 37.3 Å². The maximum atomic E-state index is 11.4. The Bertz CT molecular complexity index is 528. The molecule has 2 rings (SSSR count). The van der Waals surface area contributed by atoms with Gasteiger partial charge >= 0.3 is 0 Å². The minimum atomic E-state index is -0.0219. The molecule has 2 aromatic rings. The largest absolute Gasteiger partial charge is 0.411 e. The van der Waals surface area contributed by atoms with Crippen molar-refractivity contribution in [2.75, 3.05) is 12.3 Å². The molecular formula is C13H15N3O2S. The number of carbonyl (C=O) groups excluding carboxylic acids is 1. The van der Waals surface area contributed by atoms with Crippen LogP contribution in [0.1, 0.15) is 13.3 Å². The molecule has 1 aromatic carbocycles. The second-order valence-electron chi connectivity index (χ2n) is 3.88. The lowest BCUT2D eigenvalue weighted by Crippen LogP contribution is -2.25. The van der Waals surface area contributed by atoms with E-state index in [1.165, 1.54) is 11.8 Å². The number of rotatable bonds is 6. The Morgan fingerprint density at radius 1 is 1.32 bits per heavy atom. The van der Waals surface area contributed by atoms with Crippen molar-refractivity contribution in [2.24, 2.45) is 0 Å². The number of nitrogens with zero attached hydrogens (tertiary/aromatic N) is 2. The standard InChI is InChI=1S/C13H15N3O2S/c1-2-8-14-11(17)9-19-13-16-15-12(18-13)10-6-4-3-5-7-10/h3-7H,2,8-9H2,1H3,(H,14,17). The fourth-order valence-electron chi connectivity index (χ4n) is 1.41. The van der Waals surface area contributed by atoms with E-state index in [2.05, 4.69) is 15.5 Å². The maximum Gasteiger partial charge on any atom is 0.277 e. The Kier molecular flexibility index (Phi) is 4.97. The first-order valence-corrected chi connectivity index (χ1v) is 7.06. The van der Waals surface area contributed by atoms with Crippen molar-refractivity contribution in [3.63, 3.8) is 0 Å². The van der Waals surface area contributed by atoms with Crippen LogP contribution in [0, 0.1) is 0 Å². The van der Waals surface area contributed by atoms with E-state index in [0.29, 0.717) is 17.7 Å². The van der Waals surface area contributed by atoms with Gasteiger partial charge in [0.25, 0.3) is 5.22 Å². The van der Waals surface area contributed by atoms with Crippen LogP contribution in [0.5, 0.6) is 0 Å². The van der Waals surface area contributed by atoms with Crippen LogP contribution in [0.25, 0.3) is 11.5 Å². The van der Waals surface area contributed by atoms with Crippen LogP contribution >= 0.6 is 11.8 Å². The van der Waals surface area contributed by atoms with Gasteiger partial charge in [0, 0.05) is 12.1 Å². The number of carbonyl (C=O) groups is 1. The van der Waals surface area contributed by atoms with Crippen molar-refractivity contribution in [3.8, 4) is 11.5 Å². The lowest BCUT2D eigenvalue weighted by atomic mass is 10.2. The Hall–Kier alpha value is -1.82. The average molecular weight is 277 g/mol. The van der Waals surface area contributed by atoms with Gasteiger partial charge in [0.05, 0.1) is 5.75 Å². The second kappa shape index (κ2) is 6.94. The predicted octanol–water partition coefficient (Wildman–Crippen LogP) is 2.35. The van der Waals surface area contributed by atoms with Crippen molar-refractivity contribution < 1.29 is 9.21 Å². The van der Waals surface area contributed by atoms with E-state index in [0.717, 1.165) is 12.0 Å². The molecule has 19 heavy (non-hydrogen) atoms. The third kappa shape index (κ3) is 4.10. The zero-order valence-corrected chi connectivity index (χ0v) is 11.4. The highest BCUT2D eigenvalue weighted by Gasteiger charge is 2.10. The number of nitrogens with one attached hydrogen (secondary N) is 1. The van der Waals surface area contributed by atoms with Crippen LogP contribution in [0.15, 0.2) is 40.0 Å². The highest BCUT2D eigenvalue weighted by Crippen LogP contribution is 2.22. The molecule has 0 aliphatic carbocycles. The van der Waals surface area contributed by atoms with Gasteiger partial charge in [-0.05, 0) is 18.6 Å². The second-order valence-corrected chi connectivity index (χ2v) is 4.80. The van der Waals surface area contributed by atoms with E-state index in [-0.39, 0.29) is 11.7 Å². The first-order chi connectivity index (χ1) is 9.29. The quantitative estimate of drug-likeness (QED) is 0.821. The maximum absolute atomic E-state index is 11.4. The van der Waals surface area contributed by atoms with Gasteiger partial charge in [0.2, 0.25) is 11.8 Å². The van der Waals surface area contributed by atoms with Crippen LogP contribution < -0.4 is 5.32 Å². The zero-order chi connectivity index (χ0) is 13.5. The average Bonchev–Trinajstić information content (AvgIpc) is 2.93. The molecule has 6 heteroatoms. The Morgan fingerprint density at radius 3 is 2.84 bits per heavy atom. The molecule has 0 radical (unpaired) electrons. The van der Waals surface area contributed by atoms with Gasteiger partial charge in [0.15, 0.2) is 0 Å². The summed E-state index contributed by atoms with van der Waals surface area (Å²) in [5.74, 6) is 0.736. The number of aromatic nitrogens is 2. The predicted molar refractivity (Wildman–Crippen MR) is 73.8 cm³/mol. The van der Waals surface area contributed by atoms with Gasteiger partial charge in [-0.2, -0.15) is 0 Å². The molecule has 1 heterocycles. The fraction of sp³-hybridized carbons (Fsp3) is 0.308. The van der Waals surface area contributed by atoms with Crippen molar-refractivity contribution in [1.29, 1.82) is 0 Å². The number of amides is 1. The van der Waals surface area contributed by atoms with Gasteiger partial charge in [-0.25, -0.2) is 0 Å². The summed E-state index contributed by atoms with van der Waals surface area (Å²) < 4.78 is 5.49. The lowest BCUT2D eigenvalue weighted by molar-refractivity contribution is -0.118. The Morgan fingerprint density at radius 2 is 2.11 bits per heavy atom. The molecule has 1 N–H and O–H groups in total. The van der Waals surface area contributed by atoms with Crippen molar-refractivity contribution in [1.82, 2.24) is 15.5 Å². The summed E-state index contributed by atoms with van der Waals surface area (Å²) in [5.41, 5.74) is 0.872. The van der Waals surface area contributed by atoms with Crippen molar-refractivity contribution >= 4 is 17.7 Å². The number of thioether (sulfide) groups is 1. The Labute approximate surface area is 115 Å². The third-order valence-corrected chi connectivity index (χ3v) is 3.14. The summed E-state index contributed by atoms with van der Waals surface area (Å²) in [6, 6.07) is 9.54. The highest BCUT2D eigenvalue weighted by atomic mass is 32.2. The SMILES string of the molecule is CCCNC(=O)CSc1nnc(-c2ccccc2)o1. The van der Waals surface area contributed by atoms with E-state index in [1.54, 1.807) is 0 Å². The summed E-state index contributed by atoms with van der Waals surface area (Å²) in [4.78, 5) is 11.4. The molecule has 100 valence electrons. The summed E-state index contributed by atoms with van der Waals surface area (Å²) in [5, 5.41) is 11.1. The summed E-state index contributed by atoms with van der Waals surface area (Å²) in [6.07, 6.45) is 0.926. The smallest absolute Gasteiger partial charge is 0.277 e. The molecule has 0 bridgehead atoms. The molecule has 0 unspecified atom stereocenters. The van der Waals surface area contributed by atoms with Gasteiger partial charge in [0.1, 0.15) is 0 Å². The first-order valence-electron chi connectivity index (χ1n) is 6.08. The summed E-state index contributed by atoms with van der Waals surface area (Å²) >= 11 is 1.24. The third-order valence-electron chi connectivity index (χ3n) is 2.33. The normalized spacial score (nSPS) is 10.4.